The quantitative estimate of drug-likeness (QED) is 0.761. The third-order valence-corrected chi connectivity index (χ3v) is 2.53. The summed E-state index contributed by atoms with van der Waals surface area (Å²) in [6.45, 7) is 0.269. The number of rotatable bonds is 2. The number of nitrogens with zero attached hydrogens (tertiary/aromatic N) is 1. The van der Waals surface area contributed by atoms with Crippen LogP contribution in [0.15, 0.2) is 24.3 Å². The fourth-order valence-corrected chi connectivity index (χ4v) is 1.72. The Morgan fingerprint density at radius 3 is 2.38 bits per heavy atom. The average molecular weight is 221 g/mol. The fraction of sp³-hybridized carbons (Fsp3) is 0.273. The molecule has 0 bridgehead atoms. The predicted octanol–water partition coefficient (Wildman–Crippen LogP) is 0.482. The topological polar surface area (TPSA) is 77.8 Å². The number of carboxylic acids is 1. The molecule has 1 saturated heterocycles. The van der Waals surface area contributed by atoms with E-state index in [1.807, 2.05) is 0 Å². The highest BCUT2D eigenvalue weighted by Gasteiger charge is 2.28. The molecule has 0 saturated carbocycles. The van der Waals surface area contributed by atoms with Gasteiger partial charge in [0.15, 0.2) is 0 Å². The molecule has 84 valence electrons. The summed E-state index contributed by atoms with van der Waals surface area (Å²) in [6.07, 6.45) is -0.507. The second-order valence-electron chi connectivity index (χ2n) is 3.71. The summed E-state index contributed by atoms with van der Waals surface area (Å²) in [4.78, 5) is 23.5. The van der Waals surface area contributed by atoms with Crippen LogP contribution in [0.2, 0.25) is 0 Å². The number of benzene rings is 1. The molecule has 2 rings (SSSR count). The zero-order chi connectivity index (χ0) is 11.7. The minimum atomic E-state index is -1.00. The summed E-state index contributed by atoms with van der Waals surface area (Å²) in [5.74, 6) is -1.14. The van der Waals surface area contributed by atoms with E-state index in [1.54, 1.807) is 12.1 Å². The van der Waals surface area contributed by atoms with Crippen molar-refractivity contribution in [1.29, 1.82) is 0 Å². The minimum absolute atomic E-state index is 0.126. The van der Waals surface area contributed by atoms with Crippen molar-refractivity contribution in [3.05, 3.63) is 29.8 Å². The fourth-order valence-electron chi connectivity index (χ4n) is 1.72. The zero-order valence-corrected chi connectivity index (χ0v) is 8.46. The molecule has 16 heavy (non-hydrogen) atoms. The van der Waals surface area contributed by atoms with Crippen molar-refractivity contribution in [2.75, 3.05) is 11.4 Å². The zero-order valence-electron chi connectivity index (χ0n) is 8.46. The van der Waals surface area contributed by atoms with Crippen molar-refractivity contribution < 1.29 is 19.8 Å². The first-order chi connectivity index (χ1) is 7.58. The van der Waals surface area contributed by atoms with Crippen molar-refractivity contribution in [3.63, 3.8) is 0 Å². The van der Waals surface area contributed by atoms with E-state index < -0.39 is 12.1 Å². The predicted molar refractivity (Wildman–Crippen MR) is 56.4 cm³/mol. The summed E-state index contributed by atoms with van der Waals surface area (Å²) in [6, 6.07) is 6.02. The number of aliphatic hydroxyl groups excluding tert-OH is 1. The maximum absolute atomic E-state index is 11.5. The van der Waals surface area contributed by atoms with E-state index in [4.69, 9.17) is 5.11 Å². The minimum Gasteiger partial charge on any atom is -0.478 e. The third-order valence-electron chi connectivity index (χ3n) is 2.53. The van der Waals surface area contributed by atoms with Gasteiger partial charge in [0.1, 0.15) is 0 Å². The summed E-state index contributed by atoms with van der Waals surface area (Å²) >= 11 is 0. The number of β-amino-alcohol motifs (C(OH)–C–C–N with tert-alkyl or cyclic N) is 1. The van der Waals surface area contributed by atoms with Gasteiger partial charge in [-0.25, -0.2) is 4.79 Å². The van der Waals surface area contributed by atoms with Crippen molar-refractivity contribution >= 4 is 17.6 Å². The lowest BCUT2D eigenvalue weighted by Gasteiger charge is -2.15. The largest absolute Gasteiger partial charge is 0.478 e. The molecule has 1 aliphatic rings. The lowest BCUT2D eigenvalue weighted by molar-refractivity contribution is -0.117. The number of carbonyl (C=O) groups excluding carboxylic acids is 1. The Balaban J connectivity index is 2.22. The molecular weight excluding hydrogens is 210 g/mol. The molecule has 1 aliphatic heterocycles. The molecule has 0 aromatic heterocycles. The second kappa shape index (κ2) is 3.94. The number of carbonyl (C=O) groups is 2. The number of hydrogen-bond acceptors (Lipinski definition) is 3. The van der Waals surface area contributed by atoms with Gasteiger partial charge < -0.3 is 15.1 Å². The number of aliphatic hydroxyl groups is 1. The second-order valence-corrected chi connectivity index (χ2v) is 3.71. The van der Waals surface area contributed by atoms with Crippen molar-refractivity contribution in [1.82, 2.24) is 0 Å². The van der Waals surface area contributed by atoms with E-state index in [-0.39, 0.29) is 24.4 Å². The lowest BCUT2D eigenvalue weighted by Crippen LogP contribution is -2.25. The summed E-state index contributed by atoms with van der Waals surface area (Å²) < 4.78 is 0. The van der Waals surface area contributed by atoms with E-state index in [0.29, 0.717) is 5.69 Å². The van der Waals surface area contributed by atoms with Crippen LogP contribution in [0.1, 0.15) is 16.8 Å². The van der Waals surface area contributed by atoms with E-state index in [0.717, 1.165) is 0 Å². The van der Waals surface area contributed by atoms with Crippen LogP contribution < -0.4 is 4.90 Å². The molecule has 1 aromatic carbocycles. The normalized spacial score (nSPS) is 20.2. The SMILES string of the molecule is O=C(O)c1ccc(N2CC(O)CC2=O)cc1. The van der Waals surface area contributed by atoms with Gasteiger partial charge in [0, 0.05) is 5.69 Å². The van der Waals surface area contributed by atoms with E-state index in [9.17, 15) is 14.7 Å². The number of aromatic carboxylic acids is 1. The third kappa shape index (κ3) is 1.90. The Bertz CT molecular complexity index is 426. The Kier molecular flexibility index (Phi) is 2.62. The van der Waals surface area contributed by atoms with Gasteiger partial charge in [-0.1, -0.05) is 0 Å². The smallest absolute Gasteiger partial charge is 0.335 e. The van der Waals surface area contributed by atoms with E-state index in [1.165, 1.54) is 17.0 Å². The van der Waals surface area contributed by atoms with Gasteiger partial charge in [0.05, 0.1) is 24.6 Å². The molecule has 1 aromatic rings. The van der Waals surface area contributed by atoms with Gasteiger partial charge >= 0.3 is 5.97 Å². The molecule has 0 spiro atoms. The molecule has 1 fully saturated rings. The van der Waals surface area contributed by atoms with Crippen LogP contribution in [0.4, 0.5) is 5.69 Å². The summed E-state index contributed by atoms with van der Waals surface area (Å²) in [7, 11) is 0. The highest BCUT2D eigenvalue weighted by Crippen LogP contribution is 2.21. The average Bonchev–Trinajstić information content (AvgIpc) is 2.58. The Labute approximate surface area is 91.9 Å². The Morgan fingerprint density at radius 2 is 1.94 bits per heavy atom. The first kappa shape index (κ1) is 10.6. The number of anilines is 1. The maximum Gasteiger partial charge on any atom is 0.335 e. The van der Waals surface area contributed by atoms with Crippen molar-refractivity contribution in [2.24, 2.45) is 0 Å². The molecule has 1 unspecified atom stereocenters. The standard InChI is InChI=1S/C11H11NO4/c13-9-5-10(14)12(6-9)8-3-1-7(2-4-8)11(15)16/h1-4,9,13H,5-6H2,(H,15,16). The van der Waals surface area contributed by atoms with E-state index >= 15 is 0 Å². The Hall–Kier alpha value is -1.88. The van der Waals surface area contributed by atoms with Gasteiger partial charge in [-0.2, -0.15) is 0 Å². The summed E-state index contributed by atoms with van der Waals surface area (Å²) in [5, 5.41) is 18.0. The molecule has 1 amide bonds. The van der Waals surface area contributed by atoms with Gasteiger partial charge in [0.25, 0.3) is 0 Å². The monoisotopic (exact) mass is 221 g/mol. The highest BCUT2D eigenvalue weighted by molar-refractivity contribution is 5.96. The van der Waals surface area contributed by atoms with Crippen LogP contribution in [0, 0.1) is 0 Å². The number of hydrogen-bond donors (Lipinski definition) is 2. The van der Waals surface area contributed by atoms with Crippen LogP contribution in [-0.2, 0) is 4.79 Å². The molecule has 2 N–H and O–H groups in total. The van der Waals surface area contributed by atoms with Crippen LogP contribution in [0.25, 0.3) is 0 Å². The molecular formula is C11H11NO4. The van der Waals surface area contributed by atoms with Gasteiger partial charge in [-0.3, -0.25) is 4.79 Å². The molecule has 1 heterocycles. The molecule has 0 aliphatic carbocycles. The first-order valence-corrected chi connectivity index (χ1v) is 4.89. The van der Waals surface area contributed by atoms with Gasteiger partial charge in [-0.15, -0.1) is 0 Å². The molecule has 5 nitrogen and oxygen atoms in total. The number of amides is 1. The lowest BCUT2D eigenvalue weighted by atomic mass is 10.2. The van der Waals surface area contributed by atoms with Crippen LogP contribution in [0.3, 0.4) is 0 Å². The van der Waals surface area contributed by atoms with Crippen molar-refractivity contribution in [3.8, 4) is 0 Å². The highest BCUT2D eigenvalue weighted by atomic mass is 16.4. The summed E-state index contributed by atoms with van der Waals surface area (Å²) in [5.41, 5.74) is 0.794. The van der Waals surface area contributed by atoms with Crippen molar-refractivity contribution in [2.45, 2.75) is 12.5 Å². The van der Waals surface area contributed by atoms with Crippen LogP contribution in [0.5, 0.6) is 0 Å². The van der Waals surface area contributed by atoms with E-state index in [2.05, 4.69) is 0 Å². The molecule has 1 atom stereocenters. The molecule has 5 heteroatoms. The first-order valence-electron chi connectivity index (χ1n) is 4.89. The molecule has 0 radical (unpaired) electrons. The van der Waals surface area contributed by atoms with Crippen LogP contribution >= 0.6 is 0 Å². The maximum atomic E-state index is 11.5. The van der Waals surface area contributed by atoms with Gasteiger partial charge in [-0.05, 0) is 24.3 Å². The number of carboxylic acid groups (broad SMARTS) is 1. The van der Waals surface area contributed by atoms with Gasteiger partial charge in [0.2, 0.25) is 5.91 Å². The van der Waals surface area contributed by atoms with Crippen LogP contribution in [-0.4, -0.2) is 34.7 Å². The Morgan fingerprint density at radius 1 is 1.31 bits per heavy atom.